The standard InChI is InChI=1S/C15H27N3S/c1-18-9-5-13(6-10-18)11-16-14-17-15(12-19-14)7-3-2-4-8-15/h13H,2-12H2,1H3,(H,16,17). The molecule has 2 heterocycles. The lowest BCUT2D eigenvalue weighted by molar-refractivity contribution is 0.223. The van der Waals surface area contributed by atoms with Gasteiger partial charge in [0.25, 0.3) is 0 Å². The Morgan fingerprint density at radius 2 is 2.00 bits per heavy atom. The highest BCUT2D eigenvalue weighted by molar-refractivity contribution is 8.14. The third-order valence-electron chi connectivity index (χ3n) is 5.00. The van der Waals surface area contributed by atoms with Gasteiger partial charge in [-0.2, -0.15) is 0 Å². The molecule has 0 bridgehead atoms. The molecule has 0 aromatic heterocycles. The zero-order valence-corrected chi connectivity index (χ0v) is 13.0. The van der Waals surface area contributed by atoms with Crippen LogP contribution in [0.2, 0.25) is 0 Å². The van der Waals surface area contributed by atoms with Crippen molar-refractivity contribution < 1.29 is 0 Å². The van der Waals surface area contributed by atoms with Gasteiger partial charge in [0.05, 0.1) is 0 Å². The van der Waals surface area contributed by atoms with Crippen molar-refractivity contribution in [2.45, 2.75) is 50.5 Å². The fourth-order valence-electron chi connectivity index (χ4n) is 3.55. The lowest BCUT2D eigenvalue weighted by Gasteiger charge is -2.32. The molecular weight excluding hydrogens is 254 g/mol. The van der Waals surface area contributed by atoms with Gasteiger partial charge in [-0.1, -0.05) is 31.0 Å². The largest absolute Gasteiger partial charge is 0.359 e. The molecule has 3 fully saturated rings. The van der Waals surface area contributed by atoms with Crippen LogP contribution in [0.3, 0.4) is 0 Å². The Kier molecular flexibility index (Phi) is 4.37. The number of hydrogen-bond donors (Lipinski definition) is 1. The number of nitrogens with zero attached hydrogens (tertiary/aromatic N) is 2. The van der Waals surface area contributed by atoms with Crippen LogP contribution in [-0.2, 0) is 0 Å². The van der Waals surface area contributed by atoms with Crippen molar-refractivity contribution in [1.29, 1.82) is 0 Å². The van der Waals surface area contributed by atoms with Crippen LogP contribution in [0.4, 0.5) is 0 Å². The van der Waals surface area contributed by atoms with E-state index < -0.39 is 0 Å². The van der Waals surface area contributed by atoms with Crippen molar-refractivity contribution in [1.82, 2.24) is 10.2 Å². The van der Waals surface area contributed by atoms with Gasteiger partial charge in [0.2, 0.25) is 0 Å². The van der Waals surface area contributed by atoms with E-state index in [0.29, 0.717) is 5.54 Å². The van der Waals surface area contributed by atoms with E-state index in [-0.39, 0.29) is 0 Å². The second kappa shape index (κ2) is 6.04. The summed E-state index contributed by atoms with van der Waals surface area (Å²) in [6.07, 6.45) is 9.58. The first-order valence-electron chi connectivity index (χ1n) is 7.90. The zero-order chi connectivity index (χ0) is 13.1. The quantitative estimate of drug-likeness (QED) is 0.843. The van der Waals surface area contributed by atoms with E-state index in [0.717, 1.165) is 12.5 Å². The molecule has 0 aromatic carbocycles. The Morgan fingerprint density at radius 1 is 1.26 bits per heavy atom. The number of amidine groups is 1. The number of nitrogens with one attached hydrogen (secondary N) is 1. The first kappa shape index (κ1) is 13.7. The van der Waals surface area contributed by atoms with E-state index in [9.17, 15) is 0 Å². The molecule has 0 radical (unpaired) electrons. The number of likely N-dealkylation sites (tertiary alicyclic amines) is 1. The van der Waals surface area contributed by atoms with Crippen LogP contribution >= 0.6 is 11.8 Å². The topological polar surface area (TPSA) is 27.6 Å². The monoisotopic (exact) mass is 281 g/mol. The molecular formula is C15H27N3S. The summed E-state index contributed by atoms with van der Waals surface area (Å²) in [4.78, 5) is 7.31. The number of piperidine rings is 1. The van der Waals surface area contributed by atoms with Gasteiger partial charge in [0.15, 0.2) is 5.17 Å². The third-order valence-corrected chi connectivity index (χ3v) is 6.20. The molecule has 1 aliphatic carbocycles. The second-order valence-corrected chi connectivity index (χ2v) is 7.61. The maximum absolute atomic E-state index is 4.87. The molecule has 19 heavy (non-hydrogen) atoms. The summed E-state index contributed by atoms with van der Waals surface area (Å²) in [7, 11) is 2.23. The number of hydrogen-bond acceptors (Lipinski definition) is 3. The maximum Gasteiger partial charge on any atom is 0.157 e. The van der Waals surface area contributed by atoms with Crippen LogP contribution in [0.5, 0.6) is 0 Å². The number of rotatable bonds is 2. The summed E-state index contributed by atoms with van der Waals surface area (Å²) in [5, 5.41) is 4.99. The number of aliphatic imine (C=N–C) groups is 1. The summed E-state index contributed by atoms with van der Waals surface area (Å²) in [6.45, 7) is 3.54. The van der Waals surface area contributed by atoms with Crippen LogP contribution in [0.25, 0.3) is 0 Å². The minimum absolute atomic E-state index is 0.411. The Labute approximate surface area is 121 Å². The summed E-state index contributed by atoms with van der Waals surface area (Å²) < 4.78 is 0. The fraction of sp³-hybridized carbons (Fsp3) is 0.933. The van der Waals surface area contributed by atoms with Gasteiger partial charge in [-0.05, 0) is 51.7 Å². The van der Waals surface area contributed by atoms with E-state index in [1.54, 1.807) is 0 Å². The predicted octanol–water partition coefficient (Wildman–Crippen LogP) is 2.72. The van der Waals surface area contributed by atoms with Gasteiger partial charge in [0, 0.05) is 17.8 Å². The Balaban J connectivity index is 1.49. The molecule has 3 rings (SSSR count). The number of thioether (sulfide) groups is 1. The van der Waals surface area contributed by atoms with Gasteiger partial charge in [-0.15, -0.1) is 0 Å². The van der Waals surface area contributed by atoms with Crippen LogP contribution in [-0.4, -0.2) is 48.0 Å². The van der Waals surface area contributed by atoms with E-state index in [1.807, 2.05) is 11.8 Å². The fourth-order valence-corrected chi connectivity index (χ4v) is 4.77. The molecule has 2 saturated heterocycles. The van der Waals surface area contributed by atoms with Crippen molar-refractivity contribution in [2.75, 3.05) is 32.4 Å². The lowest BCUT2D eigenvalue weighted by atomic mass is 9.83. The average molecular weight is 281 g/mol. The van der Waals surface area contributed by atoms with Gasteiger partial charge in [0.1, 0.15) is 0 Å². The van der Waals surface area contributed by atoms with Gasteiger partial charge >= 0.3 is 0 Å². The predicted molar refractivity (Wildman–Crippen MR) is 83.9 cm³/mol. The van der Waals surface area contributed by atoms with Crippen molar-refractivity contribution in [2.24, 2.45) is 10.9 Å². The highest BCUT2D eigenvalue weighted by Crippen LogP contribution is 2.36. The van der Waals surface area contributed by atoms with Crippen molar-refractivity contribution >= 4 is 16.9 Å². The molecule has 1 N–H and O–H groups in total. The molecule has 0 atom stereocenters. The molecule has 0 aromatic rings. The highest BCUT2D eigenvalue weighted by atomic mass is 32.2. The van der Waals surface area contributed by atoms with E-state index >= 15 is 0 Å². The molecule has 1 saturated carbocycles. The van der Waals surface area contributed by atoms with E-state index in [4.69, 9.17) is 4.99 Å². The highest BCUT2D eigenvalue weighted by Gasteiger charge is 2.38. The zero-order valence-electron chi connectivity index (χ0n) is 12.2. The van der Waals surface area contributed by atoms with Crippen LogP contribution < -0.4 is 5.32 Å². The van der Waals surface area contributed by atoms with Crippen molar-refractivity contribution in [3.8, 4) is 0 Å². The smallest absolute Gasteiger partial charge is 0.157 e. The van der Waals surface area contributed by atoms with E-state index in [2.05, 4.69) is 17.3 Å². The van der Waals surface area contributed by atoms with Gasteiger partial charge < -0.3 is 10.2 Å². The first-order valence-corrected chi connectivity index (χ1v) is 8.88. The Hall–Kier alpha value is -0.220. The minimum atomic E-state index is 0.411. The van der Waals surface area contributed by atoms with Crippen molar-refractivity contribution in [3.05, 3.63) is 0 Å². The molecule has 4 heteroatoms. The second-order valence-electron chi connectivity index (χ2n) is 6.65. The molecule has 3 nitrogen and oxygen atoms in total. The normalized spacial score (nSPS) is 30.9. The van der Waals surface area contributed by atoms with Crippen LogP contribution in [0.15, 0.2) is 4.99 Å². The molecule has 3 aliphatic rings. The Bertz CT molecular complexity index is 328. The summed E-state index contributed by atoms with van der Waals surface area (Å²) >= 11 is 1.97. The Morgan fingerprint density at radius 3 is 2.74 bits per heavy atom. The van der Waals surface area contributed by atoms with Crippen molar-refractivity contribution in [3.63, 3.8) is 0 Å². The molecule has 108 valence electrons. The third kappa shape index (κ3) is 3.46. The molecule has 2 aliphatic heterocycles. The van der Waals surface area contributed by atoms with Crippen LogP contribution in [0, 0.1) is 5.92 Å². The molecule has 0 amide bonds. The van der Waals surface area contributed by atoms with Gasteiger partial charge in [-0.3, -0.25) is 4.99 Å². The molecule has 0 unspecified atom stereocenters. The summed E-state index contributed by atoms with van der Waals surface area (Å²) in [6, 6.07) is 0. The lowest BCUT2D eigenvalue weighted by Crippen LogP contribution is -2.45. The van der Waals surface area contributed by atoms with Crippen LogP contribution in [0.1, 0.15) is 44.9 Å². The summed E-state index contributed by atoms with van der Waals surface area (Å²) in [5.41, 5.74) is 0.411. The first-order chi connectivity index (χ1) is 9.26. The summed E-state index contributed by atoms with van der Waals surface area (Å²) in [5.74, 6) is 2.06. The SMILES string of the molecule is CN1CCC(CN=C2NC3(CCCCC3)CS2)CC1. The molecule has 1 spiro atoms. The van der Waals surface area contributed by atoms with E-state index in [1.165, 1.54) is 69.0 Å². The van der Waals surface area contributed by atoms with Gasteiger partial charge in [-0.25, -0.2) is 0 Å². The minimum Gasteiger partial charge on any atom is -0.359 e. The maximum atomic E-state index is 4.87. The average Bonchev–Trinajstić information content (AvgIpc) is 2.82.